The summed E-state index contributed by atoms with van der Waals surface area (Å²) >= 11 is 5.96. The van der Waals surface area contributed by atoms with Crippen LogP contribution >= 0.6 is 35.6 Å². The lowest BCUT2D eigenvalue weighted by molar-refractivity contribution is 0.508. The molecule has 1 aromatic carbocycles. The van der Waals surface area contributed by atoms with Gasteiger partial charge in [0.2, 0.25) is 0 Å². The molecule has 132 valence electrons. The van der Waals surface area contributed by atoms with Crippen LogP contribution in [0.15, 0.2) is 35.6 Å². The molecule has 0 atom stereocenters. The Morgan fingerprint density at radius 2 is 1.92 bits per heavy atom. The molecule has 0 amide bonds. The lowest BCUT2D eigenvalue weighted by atomic mass is 9.85. The number of halogens is 2. The number of hydrogen-bond acceptors (Lipinski definition) is 3. The van der Waals surface area contributed by atoms with Crippen molar-refractivity contribution in [1.82, 2.24) is 25.4 Å². The summed E-state index contributed by atoms with van der Waals surface area (Å²) in [5.41, 5.74) is 1.17. The van der Waals surface area contributed by atoms with E-state index >= 15 is 0 Å². The van der Waals surface area contributed by atoms with Crippen molar-refractivity contribution in [2.45, 2.75) is 25.8 Å². The fraction of sp³-hybridized carbons (Fsp3) is 0.438. The van der Waals surface area contributed by atoms with E-state index < -0.39 is 0 Å². The van der Waals surface area contributed by atoms with E-state index in [0.717, 1.165) is 23.4 Å². The molecule has 0 unspecified atom stereocenters. The molecule has 1 aromatic heterocycles. The van der Waals surface area contributed by atoms with Crippen molar-refractivity contribution in [2.24, 2.45) is 12.0 Å². The van der Waals surface area contributed by atoms with E-state index in [1.165, 1.54) is 11.9 Å². The van der Waals surface area contributed by atoms with E-state index in [-0.39, 0.29) is 29.4 Å². The van der Waals surface area contributed by atoms with Gasteiger partial charge in [0.05, 0.1) is 6.54 Å². The number of aliphatic imine (C=N–C) groups is 1. The molecular formula is C16H24ClIN6. The van der Waals surface area contributed by atoms with Crippen molar-refractivity contribution in [3.63, 3.8) is 0 Å². The number of nitrogens with one attached hydrogen (secondary N) is 2. The molecule has 2 rings (SSSR count). The fourth-order valence-corrected chi connectivity index (χ4v) is 2.30. The number of benzene rings is 1. The summed E-state index contributed by atoms with van der Waals surface area (Å²) in [6, 6.07) is 7.94. The van der Waals surface area contributed by atoms with E-state index in [0.29, 0.717) is 6.54 Å². The Balaban J connectivity index is 0.00000288. The van der Waals surface area contributed by atoms with Crippen LogP contribution in [0.2, 0.25) is 5.02 Å². The van der Waals surface area contributed by atoms with Gasteiger partial charge in [-0.3, -0.25) is 9.67 Å². The van der Waals surface area contributed by atoms with E-state index in [1.54, 1.807) is 11.7 Å². The summed E-state index contributed by atoms with van der Waals surface area (Å²) in [4.78, 5) is 8.42. The second-order valence-electron chi connectivity index (χ2n) is 5.97. The average Bonchev–Trinajstić information content (AvgIpc) is 2.93. The van der Waals surface area contributed by atoms with Gasteiger partial charge in [0.1, 0.15) is 12.2 Å². The standard InChI is InChI=1S/C16H23ClN6.HI/c1-16(2,12-5-7-13(17)8-6-12)10-20-15(18-3)19-9-14-21-11-22-23(14)4;/h5-8,11H,9-10H2,1-4H3,(H2,18,19,20);1H. The van der Waals surface area contributed by atoms with Gasteiger partial charge in [0.15, 0.2) is 5.96 Å². The molecule has 0 radical (unpaired) electrons. The lowest BCUT2D eigenvalue weighted by Gasteiger charge is -2.26. The topological polar surface area (TPSA) is 67.1 Å². The second-order valence-corrected chi connectivity index (χ2v) is 6.41. The molecule has 0 aliphatic heterocycles. The van der Waals surface area contributed by atoms with Gasteiger partial charge in [-0.05, 0) is 17.7 Å². The third-order valence-electron chi connectivity index (χ3n) is 3.77. The van der Waals surface area contributed by atoms with Crippen molar-refractivity contribution in [2.75, 3.05) is 13.6 Å². The van der Waals surface area contributed by atoms with Gasteiger partial charge in [0, 0.05) is 31.1 Å². The smallest absolute Gasteiger partial charge is 0.191 e. The first-order valence-electron chi connectivity index (χ1n) is 7.46. The van der Waals surface area contributed by atoms with Crippen LogP contribution in [0.1, 0.15) is 25.2 Å². The van der Waals surface area contributed by atoms with Crippen molar-refractivity contribution < 1.29 is 0 Å². The Morgan fingerprint density at radius 3 is 2.46 bits per heavy atom. The minimum Gasteiger partial charge on any atom is -0.356 e. The lowest BCUT2D eigenvalue weighted by Crippen LogP contribution is -2.43. The molecule has 0 saturated heterocycles. The second kappa shape index (κ2) is 9.22. The summed E-state index contributed by atoms with van der Waals surface area (Å²) in [5, 5.41) is 11.4. The summed E-state index contributed by atoms with van der Waals surface area (Å²) in [7, 11) is 3.62. The highest BCUT2D eigenvalue weighted by atomic mass is 127. The van der Waals surface area contributed by atoms with Gasteiger partial charge >= 0.3 is 0 Å². The third-order valence-corrected chi connectivity index (χ3v) is 4.02. The Hall–Kier alpha value is -1.35. The molecule has 1 heterocycles. The summed E-state index contributed by atoms with van der Waals surface area (Å²) in [6.45, 7) is 5.67. The predicted molar refractivity (Wildman–Crippen MR) is 109 cm³/mol. The first kappa shape index (κ1) is 20.7. The summed E-state index contributed by atoms with van der Waals surface area (Å²) < 4.78 is 1.73. The molecule has 0 bridgehead atoms. The molecular weight excluding hydrogens is 439 g/mol. The molecule has 0 spiro atoms. The molecule has 0 aliphatic carbocycles. The van der Waals surface area contributed by atoms with Gasteiger partial charge in [-0.1, -0.05) is 37.6 Å². The van der Waals surface area contributed by atoms with Crippen LogP contribution in [0.3, 0.4) is 0 Å². The number of rotatable bonds is 5. The zero-order valence-corrected chi connectivity index (χ0v) is 17.5. The molecule has 6 nitrogen and oxygen atoms in total. The Bertz CT molecular complexity index is 665. The van der Waals surface area contributed by atoms with Gasteiger partial charge < -0.3 is 10.6 Å². The molecule has 2 aromatic rings. The van der Waals surface area contributed by atoms with Crippen LogP contribution in [-0.2, 0) is 19.0 Å². The highest BCUT2D eigenvalue weighted by Gasteiger charge is 2.20. The van der Waals surface area contributed by atoms with Gasteiger partial charge in [-0.2, -0.15) is 5.10 Å². The van der Waals surface area contributed by atoms with Gasteiger partial charge in [-0.15, -0.1) is 24.0 Å². The van der Waals surface area contributed by atoms with Crippen molar-refractivity contribution in [3.05, 3.63) is 47.0 Å². The Morgan fingerprint density at radius 1 is 1.25 bits per heavy atom. The maximum Gasteiger partial charge on any atom is 0.191 e. The summed E-state index contributed by atoms with van der Waals surface area (Å²) in [5.74, 6) is 1.58. The predicted octanol–water partition coefficient (Wildman–Crippen LogP) is 2.73. The van der Waals surface area contributed by atoms with Crippen LogP contribution in [0.5, 0.6) is 0 Å². The number of nitrogens with zero attached hydrogens (tertiary/aromatic N) is 4. The van der Waals surface area contributed by atoms with E-state index in [9.17, 15) is 0 Å². The molecule has 2 N–H and O–H groups in total. The average molecular weight is 463 g/mol. The van der Waals surface area contributed by atoms with Gasteiger partial charge in [-0.25, -0.2) is 4.98 Å². The van der Waals surface area contributed by atoms with Crippen LogP contribution in [0, 0.1) is 0 Å². The normalized spacial score (nSPS) is 11.8. The Labute approximate surface area is 165 Å². The minimum absolute atomic E-state index is 0. The molecule has 0 saturated carbocycles. The minimum atomic E-state index is -0.0486. The highest BCUT2D eigenvalue weighted by molar-refractivity contribution is 14.0. The van der Waals surface area contributed by atoms with Crippen molar-refractivity contribution in [1.29, 1.82) is 0 Å². The van der Waals surface area contributed by atoms with Crippen molar-refractivity contribution >= 4 is 41.5 Å². The first-order valence-corrected chi connectivity index (χ1v) is 7.83. The molecule has 0 fully saturated rings. The zero-order chi connectivity index (χ0) is 16.9. The molecule has 24 heavy (non-hydrogen) atoms. The number of aromatic nitrogens is 3. The van der Waals surface area contributed by atoms with E-state index in [2.05, 4.69) is 51.7 Å². The third kappa shape index (κ3) is 5.62. The summed E-state index contributed by atoms with van der Waals surface area (Å²) in [6.07, 6.45) is 1.54. The fourth-order valence-electron chi connectivity index (χ4n) is 2.17. The molecule has 8 heteroatoms. The van der Waals surface area contributed by atoms with Crippen molar-refractivity contribution in [3.8, 4) is 0 Å². The van der Waals surface area contributed by atoms with Crippen LogP contribution < -0.4 is 10.6 Å². The Kier molecular flexibility index (Phi) is 7.95. The number of hydrogen-bond donors (Lipinski definition) is 2. The van der Waals surface area contributed by atoms with Crippen LogP contribution in [-0.4, -0.2) is 34.3 Å². The van der Waals surface area contributed by atoms with E-state index in [1.807, 2.05) is 19.2 Å². The quantitative estimate of drug-likeness (QED) is 0.407. The maximum absolute atomic E-state index is 5.96. The highest BCUT2D eigenvalue weighted by Crippen LogP contribution is 2.23. The SMILES string of the molecule is CN=C(NCc1ncnn1C)NCC(C)(C)c1ccc(Cl)cc1.I. The van der Waals surface area contributed by atoms with Crippen LogP contribution in [0.25, 0.3) is 0 Å². The first-order chi connectivity index (χ1) is 10.9. The number of aryl methyl sites for hydroxylation is 1. The van der Waals surface area contributed by atoms with E-state index in [4.69, 9.17) is 11.6 Å². The van der Waals surface area contributed by atoms with Crippen LogP contribution in [0.4, 0.5) is 0 Å². The maximum atomic E-state index is 5.96. The zero-order valence-electron chi connectivity index (χ0n) is 14.4. The monoisotopic (exact) mass is 462 g/mol. The largest absolute Gasteiger partial charge is 0.356 e. The molecule has 0 aliphatic rings. The van der Waals surface area contributed by atoms with Gasteiger partial charge in [0.25, 0.3) is 0 Å². The number of guanidine groups is 1.